The van der Waals surface area contributed by atoms with Crippen molar-refractivity contribution in [2.24, 2.45) is 0 Å². The minimum atomic E-state index is 0.370. The van der Waals surface area contributed by atoms with E-state index in [0.717, 1.165) is 42.9 Å². The monoisotopic (exact) mass is 260 g/mol. The fraction of sp³-hybridized carbons (Fsp3) is 0.667. The second-order valence-corrected chi connectivity index (χ2v) is 5.03. The van der Waals surface area contributed by atoms with Crippen molar-refractivity contribution in [2.75, 3.05) is 11.4 Å². The van der Waals surface area contributed by atoms with Gasteiger partial charge in [-0.25, -0.2) is 0 Å². The van der Waals surface area contributed by atoms with Gasteiger partial charge in [-0.3, -0.25) is 0 Å². The van der Waals surface area contributed by atoms with Gasteiger partial charge >= 0.3 is 0 Å². The lowest BCUT2D eigenvalue weighted by Crippen LogP contribution is -2.35. The second kappa shape index (κ2) is 7.08. The zero-order chi connectivity index (χ0) is 14.4. The van der Waals surface area contributed by atoms with Crippen molar-refractivity contribution in [2.45, 2.75) is 59.9 Å². The molecule has 4 heteroatoms. The number of rotatable bonds is 6. The minimum absolute atomic E-state index is 0.370. The van der Waals surface area contributed by atoms with Crippen molar-refractivity contribution < 1.29 is 0 Å². The van der Waals surface area contributed by atoms with Crippen LogP contribution >= 0.6 is 0 Å². The van der Waals surface area contributed by atoms with Crippen molar-refractivity contribution in [3.05, 3.63) is 16.8 Å². The molecule has 0 aliphatic rings. The summed E-state index contributed by atoms with van der Waals surface area (Å²) in [6.07, 6.45) is 3.26. The molecule has 1 heterocycles. The van der Waals surface area contributed by atoms with Gasteiger partial charge in [-0.1, -0.05) is 20.3 Å². The van der Waals surface area contributed by atoms with Gasteiger partial charge in [0.25, 0.3) is 0 Å². The van der Waals surface area contributed by atoms with Crippen LogP contribution in [0.5, 0.6) is 0 Å². The molecule has 4 nitrogen and oxygen atoms in total. The fourth-order valence-electron chi connectivity index (χ4n) is 2.01. The molecule has 0 aromatic carbocycles. The largest absolute Gasteiger partial charge is 0.351 e. The molecule has 0 aliphatic heterocycles. The zero-order valence-corrected chi connectivity index (χ0v) is 12.7. The standard InChI is InChI=1S/C15H24N4/c1-6-8-9-19(11(3)7-2)15-14(10-16)12(4)13(5)17-18-15/h11H,6-9H2,1-5H3. The Hall–Kier alpha value is -1.63. The Morgan fingerprint density at radius 2 is 1.95 bits per heavy atom. The predicted molar refractivity (Wildman–Crippen MR) is 78.2 cm³/mol. The minimum Gasteiger partial charge on any atom is -0.351 e. The maximum absolute atomic E-state index is 9.41. The van der Waals surface area contributed by atoms with Gasteiger partial charge in [0.1, 0.15) is 11.6 Å². The molecule has 1 aromatic heterocycles. The van der Waals surface area contributed by atoms with Gasteiger partial charge in [-0.2, -0.15) is 10.4 Å². The lowest BCUT2D eigenvalue weighted by molar-refractivity contribution is 0.585. The third kappa shape index (κ3) is 3.44. The van der Waals surface area contributed by atoms with Crippen LogP contribution in [0.25, 0.3) is 0 Å². The van der Waals surface area contributed by atoms with E-state index in [4.69, 9.17) is 0 Å². The Labute approximate surface area is 116 Å². The number of aromatic nitrogens is 2. The summed E-state index contributed by atoms with van der Waals surface area (Å²) in [5.74, 6) is 0.744. The number of nitrogens with zero attached hydrogens (tertiary/aromatic N) is 4. The van der Waals surface area contributed by atoms with Crippen LogP contribution in [0, 0.1) is 25.2 Å². The first kappa shape index (κ1) is 15.4. The highest BCUT2D eigenvalue weighted by Gasteiger charge is 2.20. The summed E-state index contributed by atoms with van der Waals surface area (Å²) in [6.45, 7) is 11.3. The Balaban J connectivity index is 3.22. The molecule has 0 spiro atoms. The summed E-state index contributed by atoms with van der Waals surface area (Å²) in [4.78, 5) is 2.22. The van der Waals surface area contributed by atoms with Crippen molar-refractivity contribution in [1.29, 1.82) is 5.26 Å². The van der Waals surface area contributed by atoms with E-state index in [9.17, 15) is 5.26 Å². The highest BCUT2D eigenvalue weighted by Crippen LogP contribution is 2.24. The lowest BCUT2D eigenvalue weighted by Gasteiger charge is -2.30. The van der Waals surface area contributed by atoms with E-state index in [0.29, 0.717) is 11.6 Å². The Bertz CT molecular complexity index is 462. The van der Waals surface area contributed by atoms with Crippen molar-refractivity contribution >= 4 is 5.82 Å². The molecule has 0 radical (unpaired) electrons. The van der Waals surface area contributed by atoms with Gasteiger partial charge in [0.2, 0.25) is 0 Å². The molecule has 1 rings (SSSR count). The first-order valence-electron chi connectivity index (χ1n) is 7.07. The van der Waals surface area contributed by atoms with Crippen molar-refractivity contribution in [3.8, 4) is 6.07 Å². The third-order valence-corrected chi connectivity index (χ3v) is 3.70. The number of anilines is 1. The molecule has 0 saturated carbocycles. The van der Waals surface area contributed by atoms with Crippen LogP contribution in [0.2, 0.25) is 0 Å². The van der Waals surface area contributed by atoms with E-state index < -0.39 is 0 Å². The van der Waals surface area contributed by atoms with Crippen LogP contribution in [0.1, 0.15) is 56.9 Å². The topological polar surface area (TPSA) is 52.8 Å². The molecule has 0 aliphatic carbocycles. The Kier molecular flexibility index (Phi) is 5.75. The lowest BCUT2D eigenvalue weighted by atomic mass is 10.1. The Morgan fingerprint density at radius 3 is 2.47 bits per heavy atom. The number of hydrogen-bond donors (Lipinski definition) is 0. The molecule has 1 unspecified atom stereocenters. The Morgan fingerprint density at radius 1 is 1.26 bits per heavy atom. The van der Waals surface area contributed by atoms with Crippen molar-refractivity contribution in [1.82, 2.24) is 10.2 Å². The molecule has 104 valence electrons. The molecule has 0 N–H and O–H groups in total. The molecule has 0 fully saturated rings. The maximum Gasteiger partial charge on any atom is 0.169 e. The van der Waals surface area contributed by atoms with E-state index >= 15 is 0 Å². The summed E-state index contributed by atoms with van der Waals surface area (Å²) in [5.41, 5.74) is 2.45. The molecular weight excluding hydrogens is 236 g/mol. The van der Waals surface area contributed by atoms with Gasteiger partial charge in [-0.15, -0.1) is 5.10 Å². The van der Waals surface area contributed by atoms with Crippen LogP contribution in [0.15, 0.2) is 0 Å². The van der Waals surface area contributed by atoms with E-state index in [1.807, 2.05) is 13.8 Å². The normalized spacial score (nSPS) is 12.0. The number of nitriles is 1. The quantitative estimate of drug-likeness (QED) is 0.787. The van der Waals surface area contributed by atoms with Crippen LogP contribution in [-0.2, 0) is 0 Å². The summed E-state index contributed by atoms with van der Waals surface area (Å²) in [6, 6.07) is 2.67. The number of aryl methyl sites for hydroxylation is 1. The van der Waals surface area contributed by atoms with E-state index in [2.05, 4.69) is 41.9 Å². The molecule has 1 atom stereocenters. The first-order valence-corrected chi connectivity index (χ1v) is 7.07. The van der Waals surface area contributed by atoms with Crippen LogP contribution in [0.4, 0.5) is 5.82 Å². The van der Waals surface area contributed by atoms with Gasteiger partial charge in [0.15, 0.2) is 5.82 Å². The summed E-state index contributed by atoms with van der Waals surface area (Å²) in [7, 11) is 0. The number of hydrogen-bond acceptors (Lipinski definition) is 4. The van der Waals surface area contributed by atoms with E-state index in [1.54, 1.807) is 0 Å². The van der Waals surface area contributed by atoms with Crippen LogP contribution < -0.4 is 4.90 Å². The second-order valence-electron chi connectivity index (χ2n) is 5.03. The van der Waals surface area contributed by atoms with Gasteiger partial charge < -0.3 is 4.90 Å². The molecule has 0 amide bonds. The smallest absolute Gasteiger partial charge is 0.169 e. The van der Waals surface area contributed by atoms with Gasteiger partial charge in [0, 0.05) is 12.6 Å². The maximum atomic E-state index is 9.41. The average Bonchev–Trinajstić information content (AvgIpc) is 2.42. The zero-order valence-electron chi connectivity index (χ0n) is 12.7. The summed E-state index contributed by atoms with van der Waals surface area (Å²) in [5, 5.41) is 17.9. The fourth-order valence-corrected chi connectivity index (χ4v) is 2.01. The molecule has 0 bridgehead atoms. The average molecular weight is 260 g/mol. The molecule has 19 heavy (non-hydrogen) atoms. The van der Waals surface area contributed by atoms with Crippen molar-refractivity contribution in [3.63, 3.8) is 0 Å². The van der Waals surface area contributed by atoms with Gasteiger partial charge in [-0.05, 0) is 39.2 Å². The predicted octanol–water partition coefficient (Wildman–Crippen LogP) is 3.37. The highest BCUT2D eigenvalue weighted by atomic mass is 15.3. The molecular formula is C15H24N4. The summed E-state index contributed by atoms with van der Waals surface area (Å²) >= 11 is 0. The highest BCUT2D eigenvalue weighted by molar-refractivity contribution is 5.58. The first-order chi connectivity index (χ1) is 9.06. The SMILES string of the molecule is CCCCN(c1nnc(C)c(C)c1C#N)C(C)CC. The molecule has 0 saturated heterocycles. The van der Waals surface area contributed by atoms with Gasteiger partial charge in [0.05, 0.1) is 5.69 Å². The third-order valence-electron chi connectivity index (χ3n) is 3.70. The van der Waals surface area contributed by atoms with Crippen LogP contribution in [-0.4, -0.2) is 22.8 Å². The number of unbranched alkanes of at least 4 members (excludes halogenated alkanes) is 1. The summed E-state index contributed by atoms with van der Waals surface area (Å²) < 4.78 is 0. The molecule has 1 aromatic rings. The van der Waals surface area contributed by atoms with E-state index in [1.165, 1.54) is 0 Å². The van der Waals surface area contributed by atoms with Crippen LogP contribution in [0.3, 0.4) is 0 Å². The van der Waals surface area contributed by atoms with E-state index in [-0.39, 0.29) is 0 Å².